The number of hydrogen-bond donors (Lipinski definition) is 1. The molecule has 0 aromatic heterocycles. The smallest absolute Gasteiger partial charge is 0.133 e. The van der Waals surface area contributed by atoms with E-state index >= 15 is 0 Å². The Labute approximate surface area is 107 Å². The Morgan fingerprint density at radius 3 is 2.75 bits per heavy atom. The highest BCUT2D eigenvalue weighted by Gasteiger charge is 2.04. The fraction of sp³-hybridized carbons (Fsp3) is 0.538. The van der Waals surface area contributed by atoms with E-state index in [9.17, 15) is 0 Å². The second-order valence-electron chi connectivity index (χ2n) is 4.17. The second kappa shape index (κ2) is 6.92. The summed E-state index contributed by atoms with van der Waals surface area (Å²) in [7, 11) is 3.69. The quantitative estimate of drug-likeness (QED) is 0.866. The van der Waals surface area contributed by atoms with Gasteiger partial charge in [-0.3, -0.25) is 0 Å². The van der Waals surface area contributed by atoms with E-state index in [1.165, 1.54) is 12.0 Å². The van der Waals surface area contributed by atoms with Gasteiger partial charge < -0.3 is 10.1 Å². The Morgan fingerprint density at radius 1 is 1.44 bits per heavy atom. The molecule has 1 N–H and O–H groups in total. The van der Waals surface area contributed by atoms with E-state index in [0.717, 1.165) is 23.2 Å². The lowest BCUT2D eigenvalue weighted by atomic mass is 10.0. The minimum Gasteiger partial charge on any atom is -0.496 e. The molecule has 0 fully saturated rings. The first-order valence-corrected chi connectivity index (χ1v) is 6.43. The summed E-state index contributed by atoms with van der Waals surface area (Å²) >= 11 is 3.51. The SMILES string of the molecule is CNCC(C)CCc1ccc(OC)c(Br)c1. The molecule has 0 aliphatic rings. The Balaban J connectivity index is 2.51. The van der Waals surface area contributed by atoms with Gasteiger partial charge in [0.2, 0.25) is 0 Å². The maximum Gasteiger partial charge on any atom is 0.133 e. The van der Waals surface area contributed by atoms with Gasteiger partial charge in [0.05, 0.1) is 11.6 Å². The molecular formula is C13H20BrNO. The summed E-state index contributed by atoms with van der Waals surface area (Å²) in [5.74, 6) is 1.61. The number of methoxy groups -OCH3 is 1. The molecule has 16 heavy (non-hydrogen) atoms. The lowest BCUT2D eigenvalue weighted by Crippen LogP contribution is -2.16. The van der Waals surface area contributed by atoms with Gasteiger partial charge in [0.25, 0.3) is 0 Å². The first kappa shape index (κ1) is 13.5. The molecule has 3 heteroatoms. The molecule has 0 heterocycles. The normalized spacial score (nSPS) is 12.5. The maximum absolute atomic E-state index is 5.21. The molecule has 0 saturated heterocycles. The average molecular weight is 286 g/mol. The van der Waals surface area contributed by atoms with Crippen molar-refractivity contribution in [2.75, 3.05) is 20.7 Å². The third-order valence-corrected chi connectivity index (χ3v) is 3.31. The van der Waals surface area contributed by atoms with E-state index in [1.807, 2.05) is 13.1 Å². The number of nitrogens with one attached hydrogen (secondary N) is 1. The molecule has 1 aromatic rings. The van der Waals surface area contributed by atoms with Crippen molar-refractivity contribution in [3.05, 3.63) is 28.2 Å². The summed E-state index contributed by atoms with van der Waals surface area (Å²) in [6, 6.07) is 6.29. The molecule has 0 aliphatic heterocycles. The Morgan fingerprint density at radius 2 is 2.19 bits per heavy atom. The molecule has 0 bridgehead atoms. The predicted octanol–water partition coefficient (Wildman–Crippen LogP) is 3.25. The standard InChI is InChI=1S/C13H20BrNO/c1-10(9-15-2)4-5-11-6-7-13(16-3)12(14)8-11/h6-8,10,15H,4-5,9H2,1-3H3. The van der Waals surface area contributed by atoms with Gasteiger partial charge >= 0.3 is 0 Å². The van der Waals surface area contributed by atoms with Crippen LogP contribution >= 0.6 is 15.9 Å². The number of halogens is 1. The zero-order chi connectivity index (χ0) is 12.0. The zero-order valence-electron chi connectivity index (χ0n) is 10.2. The average Bonchev–Trinajstić information content (AvgIpc) is 2.27. The van der Waals surface area contributed by atoms with Crippen LogP contribution in [-0.2, 0) is 6.42 Å². The minimum atomic E-state index is 0.714. The largest absolute Gasteiger partial charge is 0.496 e. The Kier molecular flexibility index (Phi) is 5.85. The van der Waals surface area contributed by atoms with Gasteiger partial charge in [-0.1, -0.05) is 13.0 Å². The molecule has 1 rings (SSSR count). The third kappa shape index (κ3) is 4.14. The van der Waals surface area contributed by atoms with E-state index in [-0.39, 0.29) is 0 Å². The highest BCUT2D eigenvalue weighted by atomic mass is 79.9. The molecular weight excluding hydrogens is 266 g/mol. The van der Waals surface area contributed by atoms with Crippen LogP contribution in [0, 0.1) is 5.92 Å². The van der Waals surface area contributed by atoms with Gasteiger partial charge in [-0.2, -0.15) is 0 Å². The van der Waals surface area contributed by atoms with Crippen molar-refractivity contribution in [3.8, 4) is 5.75 Å². The van der Waals surface area contributed by atoms with Crippen molar-refractivity contribution in [1.29, 1.82) is 0 Å². The van der Waals surface area contributed by atoms with Crippen LogP contribution in [0.5, 0.6) is 5.75 Å². The van der Waals surface area contributed by atoms with Crippen LogP contribution in [0.4, 0.5) is 0 Å². The van der Waals surface area contributed by atoms with Crippen LogP contribution in [-0.4, -0.2) is 20.7 Å². The topological polar surface area (TPSA) is 21.3 Å². The highest BCUT2D eigenvalue weighted by molar-refractivity contribution is 9.10. The van der Waals surface area contributed by atoms with Gasteiger partial charge in [-0.05, 0) is 66.0 Å². The predicted molar refractivity (Wildman–Crippen MR) is 72.1 cm³/mol. The van der Waals surface area contributed by atoms with Crippen LogP contribution in [0.3, 0.4) is 0 Å². The Bertz CT molecular complexity index is 328. The molecule has 0 amide bonds. The lowest BCUT2D eigenvalue weighted by Gasteiger charge is -2.11. The van der Waals surface area contributed by atoms with E-state index in [1.54, 1.807) is 7.11 Å². The number of ether oxygens (including phenoxy) is 1. The molecule has 1 unspecified atom stereocenters. The summed E-state index contributed by atoms with van der Waals surface area (Å²) in [6.45, 7) is 3.35. The molecule has 90 valence electrons. The molecule has 0 aliphatic carbocycles. The van der Waals surface area contributed by atoms with Crippen molar-refractivity contribution in [2.45, 2.75) is 19.8 Å². The van der Waals surface area contributed by atoms with E-state index in [2.05, 4.69) is 40.3 Å². The van der Waals surface area contributed by atoms with Crippen molar-refractivity contribution >= 4 is 15.9 Å². The van der Waals surface area contributed by atoms with Crippen LogP contribution in [0.15, 0.2) is 22.7 Å². The van der Waals surface area contributed by atoms with Crippen LogP contribution in [0.2, 0.25) is 0 Å². The molecule has 0 radical (unpaired) electrons. The van der Waals surface area contributed by atoms with Crippen molar-refractivity contribution < 1.29 is 4.74 Å². The van der Waals surface area contributed by atoms with Gasteiger partial charge in [-0.25, -0.2) is 0 Å². The summed E-state index contributed by atoms with van der Waals surface area (Å²) in [4.78, 5) is 0. The van der Waals surface area contributed by atoms with Gasteiger partial charge in [0.1, 0.15) is 5.75 Å². The fourth-order valence-corrected chi connectivity index (χ4v) is 2.32. The molecule has 1 atom stereocenters. The molecule has 1 aromatic carbocycles. The van der Waals surface area contributed by atoms with E-state index in [4.69, 9.17) is 4.74 Å². The van der Waals surface area contributed by atoms with Crippen molar-refractivity contribution in [1.82, 2.24) is 5.32 Å². The molecule has 2 nitrogen and oxygen atoms in total. The number of benzene rings is 1. The summed E-state index contributed by atoms with van der Waals surface area (Å²) in [5, 5.41) is 3.20. The van der Waals surface area contributed by atoms with Gasteiger partial charge in [0.15, 0.2) is 0 Å². The van der Waals surface area contributed by atoms with E-state index < -0.39 is 0 Å². The van der Waals surface area contributed by atoms with E-state index in [0.29, 0.717) is 5.92 Å². The Hall–Kier alpha value is -0.540. The van der Waals surface area contributed by atoms with Crippen LogP contribution < -0.4 is 10.1 Å². The monoisotopic (exact) mass is 285 g/mol. The van der Waals surface area contributed by atoms with Crippen molar-refractivity contribution in [2.24, 2.45) is 5.92 Å². The fourth-order valence-electron chi connectivity index (χ4n) is 1.73. The summed E-state index contributed by atoms with van der Waals surface area (Å²) in [5.41, 5.74) is 1.36. The number of aryl methyl sites for hydroxylation is 1. The third-order valence-electron chi connectivity index (χ3n) is 2.69. The number of hydrogen-bond acceptors (Lipinski definition) is 2. The minimum absolute atomic E-state index is 0.714. The van der Waals surface area contributed by atoms with Crippen LogP contribution in [0.1, 0.15) is 18.9 Å². The zero-order valence-corrected chi connectivity index (χ0v) is 11.8. The highest BCUT2D eigenvalue weighted by Crippen LogP contribution is 2.26. The first-order chi connectivity index (χ1) is 7.67. The lowest BCUT2D eigenvalue weighted by molar-refractivity contribution is 0.412. The maximum atomic E-state index is 5.21. The first-order valence-electron chi connectivity index (χ1n) is 5.64. The van der Waals surface area contributed by atoms with Gasteiger partial charge in [0, 0.05) is 0 Å². The summed E-state index contributed by atoms with van der Waals surface area (Å²) in [6.07, 6.45) is 2.32. The number of rotatable bonds is 6. The van der Waals surface area contributed by atoms with Gasteiger partial charge in [-0.15, -0.1) is 0 Å². The second-order valence-corrected chi connectivity index (χ2v) is 5.02. The van der Waals surface area contributed by atoms with Crippen molar-refractivity contribution in [3.63, 3.8) is 0 Å². The molecule has 0 saturated carbocycles. The molecule has 0 spiro atoms. The summed E-state index contributed by atoms with van der Waals surface area (Å²) < 4.78 is 6.24. The van der Waals surface area contributed by atoms with Crippen LogP contribution in [0.25, 0.3) is 0 Å².